The lowest BCUT2D eigenvalue weighted by atomic mass is 10.0. The average Bonchev–Trinajstić information content (AvgIpc) is 2.48. The Morgan fingerprint density at radius 3 is 1.76 bits per heavy atom. The fraction of sp³-hybridized carbons (Fsp3) is 0.133. The number of rotatable bonds is 2. The number of alkyl halides is 3. The standard InChI is InChI=1S/C13H13N.C2HF3O2/c14-10-11-6-8-13(9-7-11)12-4-2-1-3-5-12;3-2(4,5)1(6)7/h1-9H,10,14H2;(H,6,7). The Labute approximate surface area is 119 Å². The van der Waals surface area contributed by atoms with Crippen molar-refractivity contribution in [1.82, 2.24) is 0 Å². The number of carboxylic acids is 1. The molecule has 0 fully saturated rings. The highest BCUT2D eigenvalue weighted by Gasteiger charge is 2.38. The number of carboxylic acid groups (broad SMARTS) is 1. The van der Waals surface area contributed by atoms with Crippen LogP contribution in [-0.4, -0.2) is 17.3 Å². The van der Waals surface area contributed by atoms with Crippen LogP contribution in [-0.2, 0) is 11.3 Å². The lowest BCUT2D eigenvalue weighted by Crippen LogP contribution is -2.21. The van der Waals surface area contributed by atoms with E-state index in [2.05, 4.69) is 36.4 Å². The predicted octanol–water partition coefficient (Wildman–Crippen LogP) is 3.45. The van der Waals surface area contributed by atoms with Crippen molar-refractivity contribution in [3.8, 4) is 11.1 Å². The summed E-state index contributed by atoms with van der Waals surface area (Å²) in [7, 11) is 0. The number of aliphatic carboxylic acids is 1. The average molecular weight is 297 g/mol. The van der Waals surface area contributed by atoms with E-state index in [0.29, 0.717) is 6.54 Å². The largest absolute Gasteiger partial charge is 0.490 e. The van der Waals surface area contributed by atoms with Crippen molar-refractivity contribution < 1.29 is 23.1 Å². The molecule has 2 aromatic rings. The third-order valence-corrected chi connectivity index (χ3v) is 2.54. The molecule has 3 nitrogen and oxygen atoms in total. The summed E-state index contributed by atoms with van der Waals surface area (Å²) in [4.78, 5) is 8.90. The molecule has 0 bridgehead atoms. The first-order chi connectivity index (χ1) is 9.84. The van der Waals surface area contributed by atoms with E-state index >= 15 is 0 Å². The molecule has 0 aromatic heterocycles. The second kappa shape index (κ2) is 7.44. The van der Waals surface area contributed by atoms with Gasteiger partial charge in [-0.25, -0.2) is 4.79 Å². The highest BCUT2D eigenvalue weighted by molar-refractivity contribution is 5.73. The Bertz CT molecular complexity index is 566. The zero-order valence-electron chi connectivity index (χ0n) is 11.0. The molecule has 0 unspecified atom stereocenters. The smallest absolute Gasteiger partial charge is 0.475 e. The summed E-state index contributed by atoms with van der Waals surface area (Å²) >= 11 is 0. The van der Waals surface area contributed by atoms with Crippen molar-refractivity contribution in [3.05, 3.63) is 60.2 Å². The van der Waals surface area contributed by atoms with Crippen LogP contribution >= 0.6 is 0 Å². The minimum absolute atomic E-state index is 0.606. The number of carbonyl (C=O) groups is 1. The van der Waals surface area contributed by atoms with Crippen LogP contribution in [0.5, 0.6) is 0 Å². The molecule has 0 aliphatic heterocycles. The molecule has 0 saturated carbocycles. The number of halogens is 3. The molecule has 0 heterocycles. The summed E-state index contributed by atoms with van der Waals surface area (Å²) in [5, 5.41) is 7.12. The summed E-state index contributed by atoms with van der Waals surface area (Å²) in [6, 6.07) is 18.7. The van der Waals surface area contributed by atoms with Gasteiger partial charge in [-0.2, -0.15) is 13.2 Å². The van der Waals surface area contributed by atoms with Crippen molar-refractivity contribution in [1.29, 1.82) is 0 Å². The molecule has 0 aliphatic carbocycles. The second-order valence-electron chi connectivity index (χ2n) is 4.07. The van der Waals surface area contributed by atoms with E-state index in [1.54, 1.807) is 0 Å². The van der Waals surface area contributed by atoms with Gasteiger partial charge < -0.3 is 10.8 Å². The Kier molecular flexibility index (Phi) is 5.92. The summed E-state index contributed by atoms with van der Waals surface area (Å²) in [6.45, 7) is 0.606. The molecule has 2 aromatic carbocycles. The van der Waals surface area contributed by atoms with Gasteiger partial charge in [0.1, 0.15) is 0 Å². The van der Waals surface area contributed by atoms with Gasteiger partial charge in [-0.05, 0) is 16.7 Å². The summed E-state index contributed by atoms with van der Waals surface area (Å²) < 4.78 is 31.7. The SMILES string of the molecule is NCc1ccc(-c2ccccc2)cc1.O=C(O)C(F)(F)F. The summed E-state index contributed by atoms with van der Waals surface area (Å²) in [6.07, 6.45) is -5.08. The van der Waals surface area contributed by atoms with E-state index in [9.17, 15) is 13.2 Å². The van der Waals surface area contributed by atoms with E-state index in [0.717, 1.165) is 0 Å². The zero-order chi connectivity index (χ0) is 15.9. The molecule has 3 N–H and O–H groups in total. The van der Waals surface area contributed by atoms with E-state index in [1.807, 2.05) is 18.2 Å². The maximum Gasteiger partial charge on any atom is 0.490 e. The van der Waals surface area contributed by atoms with E-state index < -0.39 is 12.1 Å². The molecular formula is C15H14F3NO2. The van der Waals surface area contributed by atoms with Crippen LogP contribution in [0.15, 0.2) is 54.6 Å². The third kappa shape index (κ3) is 5.66. The molecule has 21 heavy (non-hydrogen) atoms. The van der Waals surface area contributed by atoms with Crippen LogP contribution in [0.1, 0.15) is 5.56 Å². The molecule has 2 rings (SSSR count). The van der Waals surface area contributed by atoms with Crippen molar-refractivity contribution in [2.45, 2.75) is 12.7 Å². The number of hydrogen-bond acceptors (Lipinski definition) is 2. The fourth-order valence-corrected chi connectivity index (χ4v) is 1.46. The number of benzene rings is 2. The molecule has 0 amide bonds. The van der Waals surface area contributed by atoms with Gasteiger partial charge in [0, 0.05) is 6.54 Å². The van der Waals surface area contributed by atoms with E-state index in [-0.39, 0.29) is 0 Å². The Morgan fingerprint density at radius 1 is 0.952 bits per heavy atom. The van der Waals surface area contributed by atoms with Crippen molar-refractivity contribution in [2.75, 3.05) is 0 Å². The zero-order valence-corrected chi connectivity index (χ0v) is 11.0. The molecule has 0 radical (unpaired) electrons. The molecule has 0 atom stereocenters. The van der Waals surface area contributed by atoms with Crippen LogP contribution in [0, 0.1) is 0 Å². The van der Waals surface area contributed by atoms with E-state index in [1.165, 1.54) is 16.7 Å². The van der Waals surface area contributed by atoms with Gasteiger partial charge in [0.2, 0.25) is 0 Å². The van der Waals surface area contributed by atoms with Gasteiger partial charge in [0.15, 0.2) is 0 Å². The van der Waals surface area contributed by atoms with Crippen molar-refractivity contribution in [2.24, 2.45) is 5.73 Å². The number of nitrogens with two attached hydrogens (primary N) is 1. The lowest BCUT2D eigenvalue weighted by Gasteiger charge is -2.02. The van der Waals surface area contributed by atoms with Gasteiger partial charge in [0.25, 0.3) is 0 Å². The Morgan fingerprint density at radius 2 is 1.38 bits per heavy atom. The van der Waals surface area contributed by atoms with E-state index in [4.69, 9.17) is 15.6 Å². The van der Waals surface area contributed by atoms with Crippen LogP contribution < -0.4 is 5.73 Å². The molecule has 0 aliphatic rings. The first-order valence-electron chi connectivity index (χ1n) is 5.99. The van der Waals surface area contributed by atoms with Gasteiger partial charge in [-0.3, -0.25) is 0 Å². The first-order valence-corrected chi connectivity index (χ1v) is 5.99. The Hall–Kier alpha value is -2.34. The minimum atomic E-state index is -5.08. The van der Waals surface area contributed by atoms with Crippen molar-refractivity contribution >= 4 is 5.97 Å². The van der Waals surface area contributed by atoms with Crippen LogP contribution in [0.3, 0.4) is 0 Å². The minimum Gasteiger partial charge on any atom is -0.475 e. The fourth-order valence-electron chi connectivity index (χ4n) is 1.46. The van der Waals surface area contributed by atoms with Gasteiger partial charge in [-0.1, -0.05) is 54.6 Å². The number of hydrogen-bond donors (Lipinski definition) is 2. The summed E-state index contributed by atoms with van der Waals surface area (Å²) in [5.41, 5.74) is 9.19. The molecule has 0 spiro atoms. The quantitative estimate of drug-likeness (QED) is 0.892. The van der Waals surface area contributed by atoms with Crippen LogP contribution in [0.25, 0.3) is 11.1 Å². The summed E-state index contributed by atoms with van der Waals surface area (Å²) in [5.74, 6) is -2.76. The highest BCUT2D eigenvalue weighted by atomic mass is 19.4. The molecular weight excluding hydrogens is 283 g/mol. The second-order valence-corrected chi connectivity index (χ2v) is 4.07. The van der Waals surface area contributed by atoms with Crippen LogP contribution in [0.4, 0.5) is 13.2 Å². The maximum atomic E-state index is 10.6. The van der Waals surface area contributed by atoms with Gasteiger partial charge in [0.05, 0.1) is 0 Å². The van der Waals surface area contributed by atoms with Crippen LogP contribution in [0.2, 0.25) is 0 Å². The molecule has 112 valence electrons. The predicted molar refractivity (Wildman–Crippen MR) is 73.5 cm³/mol. The Balaban J connectivity index is 0.000000270. The lowest BCUT2D eigenvalue weighted by molar-refractivity contribution is -0.192. The normalized spacial score (nSPS) is 10.5. The highest BCUT2D eigenvalue weighted by Crippen LogP contribution is 2.18. The van der Waals surface area contributed by atoms with Gasteiger partial charge >= 0.3 is 12.1 Å². The molecule has 0 saturated heterocycles. The first kappa shape index (κ1) is 16.7. The van der Waals surface area contributed by atoms with Gasteiger partial charge in [-0.15, -0.1) is 0 Å². The third-order valence-electron chi connectivity index (χ3n) is 2.54. The molecule has 6 heteroatoms. The topological polar surface area (TPSA) is 63.3 Å². The maximum absolute atomic E-state index is 10.6. The monoisotopic (exact) mass is 297 g/mol. The van der Waals surface area contributed by atoms with Crippen molar-refractivity contribution in [3.63, 3.8) is 0 Å².